The summed E-state index contributed by atoms with van der Waals surface area (Å²) in [7, 11) is 1.22. The summed E-state index contributed by atoms with van der Waals surface area (Å²) in [4.78, 5) is 11.3. The van der Waals surface area contributed by atoms with Gasteiger partial charge in [-0.1, -0.05) is 0 Å². The van der Waals surface area contributed by atoms with E-state index in [1.807, 2.05) is 13.8 Å². The molecule has 0 saturated carbocycles. The van der Waals surface area contributed by atoms with Crippen LogP contribution in [0, 0.1) is 0 Å². The lowest BCUT2D eigenvalue weighted by molar-refractivity contribution is -0.150. The fraction of sp³-hybridized carbons (Fsp3) is 0.462. The van der Waals surface area contributed by atoms with Crippen LogP contribution in [0.2, 0.25) is 0 Å². The zero-order chi connectivity index (χ0) is 13.5. The minimum absolute atomic E-state index is 0.385. The molecule has 0 aliphatic heterocycles. The van der Waals surface area contributed by atoms with E-state index in [1.54, 1.807) is 18.2 Å². The Morgan fingerprint density at radius 2 is 1.67 bits per heavy atom. The summed E-state index contributed by atoms with van der Waals surface area (Å²) in [5.41, 5.74) is 0.385. The number of methoxy groups -OCH3 is 1. The van der Waals surface area contributed by atoms with Gasteiger partial charge < -0.3 is 19.3 Å². The average Bonchev–Trinajstić information content (AvgIpc) is 2.37. The average molecular weight is 254 g/mol. The monoisotopic (exact) mass is 254 g/mol. The van der Waals surface area contributed by atoms with Gasteiger partial charge >= 0.3 is 5.97 Å². The van der Waals surface area contributed by atoms with Gasteiger partial charge in [0, 0.05) is 6.07 Å². The van der Waals surface area contributed by atoms with Crippen LogP contribution < -0.4 is 9.47 Å². The maximum Gasteiger partial charge on any atom is 0.339 e. The molecule has 0 aliphatic rings. The number of aliphatic hydroxyl groups excluding tert-OH is 1. The molecule has 0 bridgehead atoms. The van der Waals surface area contributed by atoms with Gasteiger partial charge in [-0.2, -0.15) is 0 Å². The summed E-state index contributed by atoms with van der Waals surface area (Å²) >= 11 is 0. The molecule has 0 fully saturated rings. The first-order valence-electron chi connectivity index (χ1n) is 5.78. The van der Waals surface area contributed by atoms with Crippen molar-refractivity contribution in [2.75, 3.05) is 20.3 Å². The molecule has 100 valence electrons. The van der Waals surface area contributed by atoms with Crippen molar-refractivity contribution in [3.63, 3.8) is 0 Å². The quantitative estimate of drug-likeness (QED) is 0.782. The Labute approximate surface area is 106 Å². The lowest BCUT2D eigenvalue weighted by atomic mass is 10.1. The molecule has 0 unspecified atom stereocenters. The van der Waals surface area contributed by atoms with Gasteiger partial charge in [-0.15, -0.1) is 0 Å². The van der Waals surface area contributed by atoms with E-state index in [9.17, 15) is 9.90 Å². The molecule has 0 spiro atoms. The number of carbonyl (C=O) groups excluding carboxylic acids is 1. The van der Waals surface area contributed by atoms with E-state index < -0.39 is 12.1 Å². The van der Waals surface area contributed by atoms with Crippen molar-refractivity contribution >= 4 is 5.97 Å². The smallest absolute Gasteiger partial charge is 0.339 e. The molecule has 1 aromatic rings. The SMILES string of the molecule is CCOc1cc(OCC)cc([C@@H](O)C(=O)OC)c1. The van der Waals surface area contributed by atoms with Crippen LogP contribution in [-0.4, -0.2) is 31.4 Å². The molecule has 1 aromatic carbocycles. The topological polar surface area (TPSA) is 65.0 Å². The zero-order valence-corrected chi connectivity index (χ0v) is 10.8. The van der Waals surface area contributed by atoms with Gasteiger partial charge in [0.05, 0.1) is 20.3 Å². The molecule has 18 heavy (non-hydrogen) atoms. The zero-order valence-electron chi connectivity index (χ0n) is 10.8. The molecule has 1 atom stereocenters. The first-order chi connectivity index (χ1) is 8.62. The van der Waals surface area contributed by atoms with Gasteiger partial charge in [-0.05, 0) is 31.5 Å². The highest BCUT2D eigenvalue weighted by molar-refractivity contribution is 5.76. The van der Waals surface area contributed by atoms with Crippen LogP contribution in [0.5, 0.6) is 11.5 Å². The molecule has 0 aromatic heterocycles. The molecular weight excluding hydrogens is 236 g/mol. The first-order valence-corrected chi connectivity index (χ1v) is 5.78. The maximum absolute atomic E-state index is 11.3. The number of hydrogen-bond acceptors (Lipinski definition) is 5. The summed E-state index contributed by atoms with van der Waals surface area (Å²) in [6, 6.07) is 4.89. The van der Waals surface area contributed by atoms with Crippen molar-refractivity contribution in [3.8, 4) is 11.5 Å². The lowest BCUT2D eigenvalue weighted by Gasteiger charge is -2.13. The second-order valence-corrected chi connectivity index (χ2v) is 3.53. The van der Waals surface area contributed by atoms with E-state index in [2.05, 4.69) is 4.74 Å². The predicted molar refractivity (Wildman–Crippen MR) is 65.8 cm³/mol. The van der Waals surface area contributed by atoms with Gasteiger partial charge in [0.15, 0.2) is 6.10 Å². The standard InChI is InChI=1S/C13H18O5/c1-4-17-10-6-9(12(14)13(15)16-3)7-11(8-10)18-5-2/h6-8,12,14H,4-5H2,1-3H3/t12-/m1/s1. The van der Waals surface area contributed by atoms with E-state index in [0.717, 1.165) is 0 Å². The third-order valence-electron chi connectivity index (χ3n) is 2.26. The van der Waals surface area contributed by atoms with Crippen LogP contribution in [0.15, 0.2) is 18.2 Å². The van der Waals surface area contributed by atoms with Crippen molar-refractivity contribution in [2.45, 2.75) is 20.0 Å². The summed E-state index contributed by atoms with van der Waals surface area (Å²) in [6.45, 7) is 4.68. The van der Waals surface area contributed by atoms with Gasteiger partial charge in [0.1, 0.15) is 11.5 Å². The summed E-state index contributed by atoms with van der Waals surface area (Å²) < 4.78 is 15.2. The predicted octanol–water partition coefficient (Wildman–Crippen LogP) is 1.69. The van der Waals surface area contributed by atoms with Crippen LogP contribution in [-0.2, 0) is 9.53 Å². The summed E-state index contributed by atoms with van der Waals surface area (Å²) in [5, 5.41) is 9.79. The number of esters is 1. The molecule has 5 heteroatoms. The Morgan fingerprint density at radius 1 is 1.17 bits per heavy atom. The molecule has 0 saturated heterocycles. The number of benzene rings is 1. The lowest BCUT2D eigenvalue weighted by Crippen LogP contribution is -2.13. The molecular formula is C13H18O5. The molecule has 0 amide bonds. The van der Waals surface area contributed by atoms with Crippen LogP contribution in [0.1, 0.15) is 25.5 Å². The fourth-order valence-electron chi connectivity index (χ4n) is 1.50. The summed E-state index contributed by atoms with van der Waals surface area (Å²) in [5.74, 6) is 0.369. The number of ether oxygens (including phenoxy) is 3. The van der Waals surface area contributed by atoms with Crippen LogP contribution in [0.4, 0.5) is 0 Å². The Hall–Kier alpha value is -1.75. The van der Waals surface area contributed by atoms with E-state index in [1.165, 1.54) is 7.11 Å². The third kappa shape index (κ3) is 3.63. The van der Waals surface area contributed by atoms with Crippen LogP contribution in [0.25, 0.3) is 0 Å². The van der Waals surface area contributed by atoms with Crippen molar-refractivity contribution in [1.82, 2.24) is 0 Å². The number of rotatable bonds is 6. The molecule has 0 heterocycles. The normalized spacial score (nSPS) is 11.8. The largest absolute Gasteiger partial charge is 0.494 e. The van der Waals surface area contributed by atoms with E-state index in [-0.39, 0.29) is 0 Å². The van der Waals surface area contributed by atoms with E-state index in [0.29, 0.717) is 30.3 Å². The van der Waals surface area contributed by atoms with Gasteiger partial charge in [0.25, 0.3) is 0 Å². The highest BCUT2D eigenvalue weighted by atomic mass is 16.5. The molecule has 0 aliphatic carbocycles. The number of carbonyl (C=O) groups is 1. The first kappa shape index (κ1) is 14.3. The number of aliphatic hydroxyl groups is 1. The van der Waals surface area contributed by atoms with Crippen molar-refractivity contribution in [3.05, 3.63) is 23.8 Å². The Balaban J connectivity index is 3.05. The Kier molecular flexibility index (Phi) is 5.45. The van der Waals surface area contributed by atoms with Gasteiger partial charge in [-0.25, -0.2) is 4.79 Å². The molecule has 1 N–H and O–H groups in total. The van der Waals surface area contributed by atoms with Crippen LogP contribution in [0.3, 0.4) is 0 Å². The number of hydrogen-bond donors (Lipinski definition) is 1. The highest BCUT2D eigenvalue weighted by Gasteiger charge is 2.19. The fourth-order valence-corrected chi connectivity index (χ4v) is 1.50. The highest BCUT2D eigenvalue weighted by Crippen LogP contribution is 2.27. The molecule has 5 nitrogen and oxygen atoms in total. The van der Waals surface area contributed by atoms with E-state index >= 15 is 0 Å². The third-order valence-corrected chi connectivity index (χ3v) is 2.26. The van der Waals surface area contributed by atoms with Crippen molar-refractivity contribution < 1.29 is 24.1 Å². The van der Waals surface area contributed by atoms with Gasteiger partial charge in [-0.3, -0.25) is 0 Å². The minimum atomic E-state index is -1.34. The second-order valence-electron chi connectivity index (χ2n) is 3.53. The minimum Gasteiger partial charge on any atom is -0.494 e. The Morgan fingerprint density at radius 3 is 2.06 bits per heavy atom. The van der Waals surface area contributed by atoms with Crippen molar-refractivity contribution in [2.24, 2.45) is 0 Å². The Bertz CT molecular complexity index is 378. The van der Waals surface area contributed by atoms with E-state index in [4.69, 9.17) is 9.47 Å². The second kappa shape index (κ2) is 6.86. The van der Waals surface area contributed by atoms with Crippen LogP contribution >= 0.6 is 0 Å². The maximum atomic E-state index is 11.3. The van der Waals surface area contributed by atoms with Gasteiger partial charge in [0.2, 0.25) is 0 Å². The molecule has 0 radical (unpaired) electrons. The molecule has 1 rings (SSSR count). The summed E-state index contributed by atoms with van der Waals surface area (Å²) in [6.07, 6.45) is -1.34. The van der Waals surface area contributed by atoms with Crippen molar-refractivity contribution in [1.29, 1.82) is 0 Å².